The number of benzene rings is 2. The number of nitrogens with zero attached hydrogens (tertiary/aromatic N) is 7. The van der Waals surface area contributed by atoms with Crippen molar-refractivity contribution < 1.29 is 42.6 Å². The molecule has 5 fully saturated rings. The van der Waals surface area contributed by atoms with E-state index < -0.39 is 46.3 Å². The van der Waals surface area contributed by atoms with E-state index in [1.54, 1.807) is 24.4 Å². The van der Waals surface area contributed by atoms with Gasteiger partial charge in [0.05, 0.1) is 46.2 Å². The predicted octanol–water partition coefficient (Wildman–Crippen LogP) is 4.51. The van der Waals surface area contributed by atoms with Crippen molar-refractivity contribution in [2.45, 2.75) is 71.6 Å². The number of amides is 5. The number of hydrogen-bond acceptors (Lipinski definition) is 14. The van der Waals surface area contributed by atoms with Crippen LogP contribution in [0.2, 0.25) is 5.02 Å². The number of piperazine rings is 1. The van der Waals surface area contributed by atoms with Crippen LogP contribution in [-0.4, -0.2) is 153 Å². The fourth-order valence-electron chi connectivity index (χ4n) is 11.4. The fraction of sp³-hybridized carbons (Fsp3) is 0.540. The molecule has 1 aliphatic carbocycles. The topological polar surface area (TPSA) is 190 Å². The Kier molecular flexibility index (Phi) is 13.6. The molecule has 366 valence electrons. The molecule has 2 N–H and O–H groups in total. The Labute approximate surface area is 406 Å². The van der Waals surface area contributed by atoms with Gasteiger partial charge in [-0.05, 0) is 49.4 Å². The highest BCUT2D eigenvalue weighted by atomic mass is 35.5. The number of halogens is 2. The molecule has 1 atom stereocenters. The number of nitrogens with one attached hydrogen (secondary N) is 2. The largest absolute Gasteiger partial charge is 0.491 e. The van der Waals surface area contributed by atoms with Crippen molar-refractivity contribution in [2.24, 2.45) is 16.7 Å². The molecule has 1 unspecified atom stereocenters. The summed E-state index contributed by atoms with van der Waals surface area (Å²) in [6.07, 6.45) is 3.26. The third-order valence-corrected chi connectivity index (χ3v) is 15.3. The highest BCUT2D eigenvalue weighted by molar-refractivity contribution is 6.31. The lowest BCUT2D eigenvalue weighted by Crippen LogP contribution is -2.74. The minimum Gasteiger partial charge on any atom is -0.491 e. The van der Waals surface area contributed by atoms with Crippen LogP contribution in [0.5, 0.6) is 11.5 Å². The normalized spacial score (nSPS) is 24.1. The van der Waals surface area contributed by atoms with Crippen LogP contribution >= 0.6 is 11.6 Å². The van der Waals surface area contributed by atoms with Crippen LogP contribution in [0.4, 0.5) is 15.9 Å². The number of aromatic nitrogens is 1. The Hall–Kier alpha value is -5.87. The van der Waals surface area contributed by atoms with E-state index in [2.05, 4.69) is 59.1 Å². The molecule has 2 aromatic carbocycles. The molecule has 69 heavy (non-hydrogen) atoms. The molecule has 1 saturated carbocycles. The van der Waals surface area contributed by atoms with Crippen LogP contribution in [0.25, 0.3) is 0 Å². The quantitative estimate of drug-likeness (QED) is 0.228. The molecule has 5 aliphatic heterocycles. The number of pyridine rings is 1. The van der Waals surface area contributed by atoms with E-state index in [9.17, 15) is 29.2 Å². The maximum Gasteiger partial charge on any atom is 0.262 e. The second-order valence-electron chi connectivity index (χ2n) is 20.2. The maximum absolute atomic E-state index is 15.6. The highest BCUT2D eigenvalue weighted by Gasteiger charge is 2.64. The summed E-state index contributed by atoms with van der Waals surface area (Å²) in [5.74, 6) is -1.24. The van der Waals surface area contributed by atoms with E-state index in [1.807, 2.05) is 11.0 Å². The van der Waals surface area contributed by atoms with Crippen LogP contribution in [0.15, 0.2) is 42.6 Å². The first-order valence-corrected chi connectivity index (χ1v) is 24.3. The summed E-state index contributed by atoms with van der Waals surface area (Å²) >= 11 is 6.32. The van der Waals surface area contributed by atoms with Gasteiger partial charge in [-0.25, -0.2) is 9.37 Å². The first kappa shape index (κ1) is 48.2. The predicted molar refractivity (Wildman–Crippen MR) is 253 cm³/mol. The number of fused-ring (bicyclic) bond motifs is 1. The van der Waals surface area contributed by atoms with Crippen molar-refractivity contribution >= 4 is 52.6 Å². The number of carbonyl (C=O) groups excluding carboxylic acids is 5. The Bertz CT molecular complexity index is 2550. The van der Waals surface area contributed by atoms with Crippen LogP contribution in [0.1, 0.15) is 90.0 Å². The monoisotopic (exact) mass is 967 g/mol. The molecule has 0 radical (unpaired) electrons. The summed E-state index contributed by atoms with van der Waals surface area (Å²) in [7, 11) is 0. The summed E-state index contributed by atoms with van der Waals surface area (Å²) < 4.78 is 34.0. The number of ether oxygens (including phenoxy) is 3. The zero-order chi connectivity index (χ0) is 48.8. The summed E-state index contributed by atoms with van der Waals surface area (Å²) in [5.41, 5.74) is 0.0394. The van der Waals surface area contributed by atoms with Gasteiger partial charge in [-0.2, -0.15) is 5.26 Å². The lowest BCUT2D eigenvalue weighted by Gasteiger charge is -2.63. The lowest BCUT2D eigenvalue weighted by molar-refractivity contribution is -0.164. The third kappa shape index (κ3) is 9.58. The molecule has 19 heteroatoms. The van der Waals surface area contributed by atoms with E-state index in [-0.39, 0.29) is 47.7 Å². The average Bonchev–Trinajstić information content (AvgIpc) is 3.57. The zero-order valence-corrected chi connectivity index (χ0v) is 40.3. The Balaban J connectivity index is 0.805. The number of nitriles is 1. The number of anilines is 2. The average molecular weight is 969 g/mol. The molecule has 5 amide bonds. The van der Waals surface area contributed by atoms with Gasteiger partial charge in [0, 0.05) is 107 Å². The number of carbonyl (C=O) groups is 5. The lowest BCUT2D eigenvalue weighted by atomic mass is 9.49. The molecule has 6 aliphatic rings. The SMILES string of the molecule is CC1(C)[C@H](NC(=O)c2cnc(N3CCC(CN4CCN(c5cc6c(cc5F)C(=O)N(C5CCC(=O)NC5=O)C6=O)CC4)CC3)cc2OCCN2CCOCC2)C(C)(C)[C@H]1Oc1ccc(C#N)c(Cl)c1. The summed E-state index contributed by atoms with van der Waals surface area (Å²) in [6, 6.07) is 10.1. The highest BCUT2D eigenvalue weighted by Crippen LogP contribution is 2.56. The molecule has 6 heterocycles. The van der Waals surface area contributed by atoms with Crippen molar-refractivity contribution in [1.82, 2.24) is 30.3 Å². The molecule has 4 saturated heterocycles. The molecular weight excluding hydrogens is 909 g/mol. The minimum absolute atomic E-state index is 0.00504. The Morgan fingerprint density at radius 2 is 1.61 bits per heavy atom. The smallest absolute Gasteiger partial charge is 0.262 e. The van der Waals surface area contributed by atoms with Gasteiger partial charge in [-0.15, -0.1) is 0 Å². The number of piperidine rings is 2. The molecule has 0 bridgehead atoms. The van der Waals surface area contributed by atoms with Gasteiger partial charge in [-0.1, -0.05) is 39.3 Å². The standard InChI is InChI=1S/C50H59ClFN9O8/c1-49(2)47(50(3,4)48(49)69-32-6-5-31(27-53)36(51)23-32)56-43(63)35-28-54-41(26-40(35)68-22-19-57-17-20-67-21-18-57)60-11-9-30(10-12-60)29-58-13-15-59(16-14-58)39-25-34-33(24-37(39)52)45(65)61(46(34)66)38-7-8-42(62)55-44(38)64/h5-6,23-26,28,30,38,47-48H,7-22,29H2,1-4H3,(H,56,63)(H,55,62,64)/t38?,47-,48-. The van der Waals surface area contributed by atoms with Crippen molar-refractivity contribution in [3.8, 4) is 17.6 Å². The van der Waals surface area contributed by atoms with Gasteiger partial charge in [-0.3, -0.25) is 44.0 Å². The summed E-state index contributed by atoms with van der Waals surface area (Å²) in [5, 5.41) is 15.1. The van der Waals surface area contributed by atoms with Gasteiger partial charge >= 0.3 is 0 Å². The number of rotatable bonds is 13. The molecule has 3 aromatic rings. The van der Waals surface area contributed by atoms with Crippen LogP contribution in [0, 0.1) is 33.9 Å². The second kappa shape index (κ2) is 19.5. The van der Waals surface area contributed by atoms with E-state index >= 15 is 4.39 Å². The van der Waals surface area contributed by atoms with Crippen molar-refractivity contribution in [3.63, 3.8) is 0 Å². The van der Waals surface area contributed by atoms with Crippen molar-refractivity contribution in [1.29, 1.82) is 5.26 Å². The Morgan fingerprint density at radius 1 is 0.913 bits per heavy atom. The first-order valence-electron chi connectivity index (χ1n) is 23.9. The van der Waals surface area contributed by atoms with Crippen LogP contribution < -0.4 is 29.9 Å². The number of morpholine rings is 1. The van der Waals surface area contributed by atoms with Gasteiger partial charge in [0.2, 0.25) is 11.8 Å². The van der Waals surface area contributed by atoms with Gasteiger partial charge < -0.3 is 29.3 Å². The second-order valence-corrected chi connectivity index (χ2v) is 20.6. The van der Waals surface area contributed by atoms with E-state index in [4.69, 9.17) is 30.8 Å². The molecule has 0 spiro atoms. The summed E-state index contributed by atoms with van der Waals surface area (Å²) in [4.78, 5) is 79.6. The molecule has 1 aromatic heterocycles. The number of imide groups is 2. The fourth-order valence-corrected chi connectivity index (χ4v) is 11.6. The maximum atomic E-state index is 15.6. The zero-order valence-electron chi connectivity index (χ0n) is 39.5. The first-order chi connectivity index (χ1) is 33.0. The van der Waals surface area contributed by atoms with Crippen LogP contribution in [0.3, 0.4) is 0 Å². The molecule has 17 nitrogen and oxygen atoms in total. The van der Waals surface area contributed by atoms with Crippen LogP contribution in [-0.2, 0) is 14.3 Å². The number of hydrogen-bond donors (Lipinski definition) is 2. The van der Waals surface area contributed by atoms with E-state index in [1.165, 1.54) is 6.07 Å². The van der Waals surface area contributed by atoms with Gasteiger partial charge in [0.15, 0.2) is 0 Å². The Morgan fingerprint density at radius 3 is 2.28 bits per heavy atom. The van der Waals surface area contributed by atoms with Crippen molar-refractivity contribution in [3.05, 3.63) is 75.7 Å². The van der Waals surface area contributed by atoms with Gasteiger partial charge in [0.25, 0.3) is 17.7 Å². The minimum atomic E-state index is -1.12. The molecular formula is C50H59ClFN9O8. The van der Waals surface area contributed by atoms with E-state index in [0.29, 0.717) is 86.1 Å². The van der Waals surface area contributed by atoms with Crippen molar-refractivity contribution in [2.75, 3.05) is 95.1 Å². The summed E-state index contributed by atoms with van der Waals surface area (Å²) in [6.45, 7) is 17.2. The third-order valence-electron chi connectivity index (χ3n) is 15.0. The molecule has 9 rings (SSSR count). The van der Waals surface area contributed by atoms with E-state index in [0.717, 1.165) is 62.3 Å². The van der Waals surface area contributed by atoms with Gasteiger partial charge in [0.1, 0.15) is 48.0 Å².